The summed E-state index contributed by atoms with van der Waals surface area (Å²) in [7, 11) is 1.50. The Morgan fingerprint density at radius 3 is 2.46 bits per heavy atom. The third kappa shape index (κ3) is 4.03. The Morgan fingerprint density at radius 1 is 1.15 bits per heavy atom. The van der Waals surface area contributed by atoms with Crippen molar-refractivity contribution in [2.24, 2.45) is 0 Å². The number of allylic oxidation sites excluding steroid dienone is 6. The van der Waals surface area contributed by atoms with E-state index in [4.69, 9.17) is 0 Å². The van der Waals surface area contributed by atoms with Gasteiger partial charge in [0.2, 0.25) is 0 Å². The Bertz CT molecular complexity index is 287. The smallest absolute Gasteiger partial charge is 0.0818 e. The van der Waals surface area contributed by atoms with Crippen LogP contribution in [-0.4, -0.2) is 13.0 Å². The molecule has 0 saturated heterocycles. The molecule has 1 aliphatic carbocycles. The fraction of sp³-hybridized carbons (Fsp3) is 0.100. The molecule has 0 saturated carbocycles. The van der Waals surface area contributed by atoms with Crippen LogP contribution in [0.1, 0.15) is 0 Å². The molecule has 0 aromatic heterocycles. The van der Waals surface area contributed by atoms with Crippen LogP contribution in [0.5, 0.6) is 0 Å². The largest absolute Gasteiger partial charge is 0.652 e. The van der Waals surface area contributed by atoms with Crippen molar-refractivity contribution in [1.29, 1.82) is 0 Å². The van der Waals surface area contributed by atoms with E-state index in [9.17, 15) is 4.79 Å². The molecule has 1 aliphatic rings. The van der Waals surface area contributed by atoms with E-state index in [-0.39, 0.29) is 26.3 Å². The minimum atomic E-state index is -0.189. The first kappa shape index (κ1) is 12.1. The molecule has 0 unspecified atom stereocenters. The van der Waals surface area contributed by atoms with Gasteiger partial charge >= 0.3 is 0 Å². The van der Waals surface area contributed by atoms with Crippen molar-refractivity contribution in [3.63, 3.8) is 0 Å². The van der Waals surface area contributed by atoms with Gasteiger partial charge in [-0.3, -0.25) is 0 Å². The molecule has 2 nitrogen and oxygen atoms in total. The zero-order chi connectivity index (χ0) is 8.81. The summed E-state index contributed by atoms with van der Waals surface area (Å²) in [5, 5.41) is 3.57. The molecule has 1 rings (SSSR count). The molecule has 0 fully saturated rings. The van der Waals surface area contributed by atoms with Gasteiger partial charge < -0.3 is 10.1 Å². The second kappa shape index (κ2) is 6.59. The zero-order valence-corrected chi connectivity index (χ0v) is 9.99. The molecule has 0 N–H and O–H groups in total. The molecule has 0 aromatic carbocycles. The molecule has 69 valence electrons. The summed E-state index contributed by atoms with van der Waals surface area (Å²) in [4.78, 5) is 11.1. The van der Waals surface area contributed by atoms with Crippen molar-refractivity contribution in [3.8, 4) is 0 Å². The van der Waals surface area contributed by atoms with E-state index < -0.39 is 0 Å². The number of nitrogens with zero attached hydrogens (tertiary/aromatic N) is 1. The van der Waals surface area contributed by atoms with Gasteiger partial charge in [-0.2, -0.15) is 0 Å². The van der Waals surface area contributed by atoms with Crippen LogP contribution in [0, 0.1) is 0 Å². The number of hydrogen-bond acceptors (Lipinski definition) is 1. The third-order valence-electron chi connectivity index (χ3n) is 1.45. The molecule has 0 bridgehead atoms. The van der Waals surface area contributed by atoms with Crippen LogP contribution < -0.4 is 0 Å². The van der Waals surface area contributed by atoms with Crippen molar-refractivity contribution in [1.82, 2.24) is 0 Å². The van der Waals surface area contributed by atoms with E-state index in [0.29, 0.717) is 5.57 Å². The monoisotopic (exact) mass is 347 g/mol. The van der Waals surface area contributed by atoms with E-state index >= 15 is 0 Å². The molecule has 0 heterocycles. The molecular weight excluding hydrogens is 336 g/mol. The van der Waals surface area contributed by atoms with E-state index in [1.165, 1.54) is 7.05 Å². The first-order valence-corrected chi connectivity index (χ1v) is 3.70. The van der Waals surface area contributed by atoms with Crippen LogP contribution in [0.4, 0.5) is 0 Å². The maximum atomic E-state index is 11.1. The van der Waals surface area contributed by atoms with E-state index in [1.807, 2.05) is 30.4 Å². The van der Waals surface area contributed by atoms with Gasteiger partial charge in [0.15, 0.2) is 0 Å². The van der Waals surface area contributed by atoms with Crippen molar-refractivity contribution >= 4 is 5.91 Å². The minimum Gasteiger partial charge on any atom is -0.652 e. The van der Waals surface area contributed by atoms with Gasteiger partial charge in [0.1, 0.15) is 0 Å². The number of likely N-dealkylation sites (N-methyl/N-ethyl adjacent to an activating group) is 1. The predicted octanol–water partition coefficient (Wildman–Crippen LogP) is 2.12. The standard InChI is InChI=1S/C10H11NO.Re/c1-11-10(12)9-7-5-3-2-4-6-8-9;/h2-8H,1H3,(H,11,12);/p-1. The van der Waals surface area contributed by atoms with Crippen LogP contribution in [0.15, 0.2) is 48.1 Å². The van der Waals surface area contributed by atoms with Gasteiger partial charge in [-0.25, -0.2) is 0 Å². The molecule has 3 heteroatoms. The second-order valence-electron chi connectivity index (χ2n) is 2.28. The number of rotatable bonds is 1. The number of amides is 1. The molecule has 1 radical (unpaired) electrons. The van der Waals surface area contributed by atoms with Gasteiger partial charge in [0.05, 0.1) is 5.91 Å². The zero-order valence-electron chi connectivity index (χ0n) is 7.27. The van der Waals surface area contributed by atoms with Crippen molar-refractivity contribution in [2.45, 2.75) is 0 Å². The average molecular weight is 346 g/mol. The summed E-state index contributed by atoms with van der Waals surface area (Å²) in [6.07, 6.45) is 12.8. The fourth-order valence-corrected chi connectivity index (χ4v) is 0.838. The topological polar surface area (TPSA) is 31.2 Å². The van der Waals surface area contributed by atoms with Gasteiger partial charge in [-0.1, -0.05) is 42.5 Å². The maximum Gasteiger partial charge on any atom is 0.0818 e. The summed E-state index contributed by atoms with van der Waals surface area (Å²) in [6, 6.07) is 0. The summed E-state index contributed by atoms with van der Waals surface area (Å²) < 4.78 is 0. The Labute approximate surface area is 91.8 Å². The Balaban J connectivity index is 0.00000144. The van der Waals surface area contributed by atoms with Gasteiger partial charge in [0.25, 0.3) is 0 Å². The number of hydrogen-bond donors (Lipinski definition) is 0. The molecule has 0 aromatic rings. The quantitative estimate of drug-likeness (QED) is 0.716. The second-order valence-corrected chi connectivity index (χ2v) is 2.28. The van der Waals surface area contributed by atoms with E-state index in [2.05, 4.69) is 5.32 Å². The molecular formula is C10H10NORe-. The van der Waals surface area contributed by atoms with Gasteiger partial charge in [0, 0.05) is 20.4 Å². The van der Waals surface area contributed by atoms with Crippen LogP contribution in [0.25, 0.3) is 5.32 Å². The van der Waals surface area contributed by atoms with Crippen LogP contribution in [0.2, 0.25) is 0 Å². The fourth-order valence-electron chi connectivity index (χ4n) is 0.838. The Hall–Kier alpha value is -0.908. The normalized spacial score (nSPS) is 13.8. The Morgan fingerprint density at radius 2 is 1.77 bits per heavy atom. The summed E-state index contributed by atoms with van der Waals surface area (Å²) >= 11 is 0. The first-order chi connectivity index (χ1) is 5.84. The van der Waals surface area contributed by atoms with Gasteiger partial charge in [-0.05, 0) is 5.57 Å². The van der Waals surface area contributed by atoms with Crippen LogP contribution in [-0.2, 0) is 25.2 Å². The third-order valence-corrected chi connectivity index (χ3v) is 1.45. The maximum absolute atomic E-state index is 11.1. The SMILES string of the molecule is C[N-]C(=O)C1=CC=CC=CC=C1.[Re]. The minimum absolute atomic E-state index is 0. The number of carbonyl (C=O) groups is 1. The van der Waals surface area contributed by atoms with Crippen molar-refractivity contribution < 1.29 is 25.2 Å². The Kier molecular flexibility index (Phi) is 6.13. The molecule has 0 atom stereocenters. The molecule has 0 spiro atoms. The average Bonchev–Trinajstić information content (AvgIpc) is 2.02. The van der Waals surface area contributed by atoms with Crippen molar-refractivity contribution in [3.05, 3.63) is 53.4 Å². The van der Waals surface area contributed by atoms with Crippen LogP contribution in [0.3, 0.4) is 0 Å². The van der Waals surface area contributed by atoms with E-state index in [1.54, 1.807) is 12.2 Å². The summed E-state index contributed by atoms with van der Waals surface area (Å²) in [5.41, 5.74) is 0.609. The molecule has 13 heavy (non-hydrogen) atoms. The van der Waals surface area contributed by atoms with Crippen LogP contribution >= 0.6 is 0 Å². The summed E-state index contributed by atoms with van der Waals surface area (Å²) in [5.74, 6) is -0.189. The predicted molar refractivity (Wildman–Crippen MR) is 49.8 cm³/mol. The number of carbonyl (C=O) groups excluding carboxylic acids is 1. The van der Waals surface area contributed by atoms with Gasteiger partial charge in [-0.15, -0.1) is 7.05 Å². The van der Waals surface area contributed by atoms with Crippen molar-refractivity contribution in [2.75, 3.05) is 7.05 Å². The first-order valence-electron chi connectivity index (χ1n) is 3.70. The molecule has 0 aliphatic heterocycles. The van der Waals surface area contributed by atoms with E-state index in [0.717, 1.165) is 0 Å². The summed E-state index contributed by atoms with van der Waals surface area (Å²) in [6.45, 7) is 0. The molecule has 1 amide bonds.